The van der Waals surface area contributed by atoms with Gasteiger partial charge in [0.2, 0.25) is 5.91 Å². The minimum Gasteiger partial charge on any atom is -0.468 e. The lowest BCUT2D eigenvalue weighted by atomic mass is 10.2. The number of amidine groups is 1. The summed E-state index contributed by atoms with van der Waals surface area (Å²) in [6.07, 6.45) is 0.0564. The molecule has 1 aliphatic rings. The number of esters is 1. The third-order valence-electron chi connectivity index (χ3n) is 3.28. The standard InChI is InChI=1S/C14H17N3O5S/c1-17(9-13(19)22-2)12(18)7-8-15-14-10-5-3-4-6-11(10)23(20,21)16-14/h3-6H,7-9H2,1-2H3,(H,15,16). The van der Waals surface area contributed by atoms with Crippen LogP contribution in [0.15, 0.2) is 34.2 Å². The van der Waals surface area contributed by atoms with Crippen molar-refractivity contribution in [1.29, 1.82) is 0 Å². The zero-order valence-electron chi connectivity index (χ0n) is 12.8. The minimum absolute atomic E-state index is 0.0564. The first kappa shape index (κ1) is 16.9. The Morgan fingerprint density at radius 2 is 2.00 bits per heavy atom. The van der Waals surface area contributed by atoms with Crippen molar-refractivity contribution in [3.63, 3.8) is 0 Å². The van der Waals surface area contributed by atoms with E-state index >= 15 is 0 Å². The number of sulfonamides is 1. The van der Waals surface area contributed by atoms with E-state index in [2.05, 4.69) is 14.5 Å². The van der Waals surface area contributed by atoms with Crippen LogP contribution >= 0.6 is 0 Å². The number of hydrogen-bond donors (Lipinski definition) is 1. The number of rotatable bonds is 5. The van der Waals surface area contributed by atoms with Gasteiger partial charge in [-0.05, 0) is 12.1 Å². The van der Waals surface area contributed by atoms with Crippen molar-refractivity contribution >= 4 is 27.7 Å². The van der Waals surface area contributed by atoms with Gasteiger partial charge in [0.25, 0.3) is 10.0 Å². The number of fused-ring (bicyclic) bond motifs is 1. The van der Waals surface area contributed by atoms with Gasteiger partial charge < -0.3 is 9.64 Å². The SMILES string of the molecule is COC(=O)CN(C)C(=O)CCN=C1NS(=O)(=O)c2ccccc21. The second-order valence-electron chi connectivity index (χ2n) is 4.91. The Hall–Kier alpha value is -2.42. The van der Waals surface area contributed by atoms with E-state index in [1.165, 1.54) is 25.1 Å². The maximum Gasteiger partial charge on any atom is 0.325 e. The van der Waals surface area contributed by atoms with E-state index in [1.807, 2.05) is 0 Å². The van der Waals surface area contributed by atoms with Crippen LogP contribution in [0.1, 0.15) is 12.0 Å². The van der Waals surface area contributed by atoms with Gasteiger partial charge in [0.1, 0.15) is 12.4 Å². The number of nitrogens with one attached hydrogen (secondary N) is 1. The number of amides is 1. The zero-order chi connectivity index (χ0) is 17.0. The molecule has 9 heteroatoms. The number of aliphatic imine (C=N–C) groups is 1. The molecule has 1 aromatic rings. The van der Waals surface area contributed by atoms with Crippen LogP contribution in [0.25, 0.3) is 0 Å². The maximum absolute atomic E-state index is 11.9. The number of carbonyl (C=O) groups is 2. The largest absolute Gasteiger partial charge is 0.468 e. The summed E-state index contributed by atoms with van der Waals surface area (Å²) in [4.78, 5) is 28.5. The smallest absolute Gasteiger partial charge is 0.325 e. The number of carbonyl (C=O) groups excluding carboxylic acids is 2. The van der Waals surface area contributed by atoms with E-state index in [-0.39, 0.29) is 36.1 Å². The Morgan fingerprint density at radius 3 is 2.70 bits per heavy atom. The highest BCUT2D eigenvalue weighted by molar-refractivity contribution is 7.90. The molecule has 124 valence electrons. The Balaban J connectivity index is 2.00. The predicted molar refractivity (Wildman–Crippen MR) is 82.4 cm³/mol. The van der Waals surface area contributed by atoms with Crippen LogP contribution in [0, 0.1) is 0 Å². The fourth-order valence-corrected chi connectivity index (χ4v) is 3.30. The molecular weight excluding hydrogens is 322 g/mol. The summed E-state index contributed by atoms with van der Waals surface area (Å²) < 4.78 is 30.7. The summed E-state index contributed by atoms with van der Waals surface area (Å²) in [7, 11) is -0.846. The Labute approximate surface area is 134 Å². The fourth-order valence-electron chi connectivity index (χ4n) is 2.05. The molecule has 2 rings (SSSR count). The Morgan fingerprint density at radius 1 is 1.30 bits per heavy atom. The van der Waals surface area contributed by atoms with Crippen molar-refractivity contribution in [3.8, 4) is 0 Å². The Bertz CT molecular complexity index is 757. The highest BCUT2D eigenvalue weighted by Gasteiger charge is 2.29. The summed E-state index contributed by atoms with van der Waals surface area (Å²) in [5.74, 6) is -0.567. The van der Waals surface area contributed by atoms with Crippen molar-refractivity contribution in [1.82, 2.24) is 9.62 Å². The third-order valence-corrected chi connectivity index (χ3v) is 4.68. The van der Waals surface area contributed by atoms with E-state index < -0.39 is 16.0 Å². The molecule has 1 N–H and O–H groups in total. The lowest BCUT2D eigenvalue weighted by Gasteiger charge is -2.14. The van der Waals surface area contributed by atoms with Crippen LogP contribution in [-0.4, -0.2) is 58.3 Å². The molecule has 0 aromatic heterocycles. The van der Waals surface area contributed by atoms with Gasteiger partial charge >= 0.3 is 5.97 Å². The Kier molecular flexibility index (Phi) is 4.99. The minimum atomic E-state index is -3.58. The highest BCUT2D eigenvalue weighted by atomic mass is 32.2. The van der Waals surface area contributed by atoms with Crippen LogP contribution in [-0.2, 0) is 24.3 Å². The van der Waals surface area contributed by atoms with Gasteiger partial charge in [-0.2, -0.15) is 0 Å². The summed E-state index contributed by atoms with van der Waals surface area (Å²) in [5, 5.41) is 0. The normalized spacial score (nSPS) is 16.5. The topological polar surface area (TPSA) is 105 Å². The number of nitrogens with zero attached hydrogens (tertiary/aromatic N) is 2. The van der Waals surface area contributed by atoms with Crippen LogP contribution in [0.5, 0.6) is 0 Å². The van der Waals surface area contributed by atoms with Gasteiger partial charge in [-0.25, -0.2) is 8.42 Å². The van der Waals surface area contributed by atoms with Gasteiger partial charge in [-0.3, -0.25) is 19.3 Å². The number of methoxy groups -OCH3 is 1. The van der Waals surface area contributed by atoms with Gasteiger partial charge in [0.05, 0.1) is 18.6 Å². The van der Waals surface area contributed by atoms with E-state index in [0.29, 0.717) is 5.56 Å². The molecule has 0 atom stereocenters. The number of ether oxygens (including phenoxy) is 1. The first-order valence-electron chi connectivity index (χ1n) is 6.82. The summed E-state index contributed by atoms with van der Waals surface area (Å²) >= 11 is 0. The highest BCUT2D eigenvalue weighted by Crippen LogP contribution is 2.22. The number of hydrogen-bond acceptors (Lipinski definition) is 6. The van der Waals surface area contributed by atoms with Crippen LogP contribution < -0.4 is 4.72 Å². The number of benzene rings is 1. The van der Waals surface area contributed by atoms with Gasteiger partial charge in [-0.15, -0.1) is 0 Å². The molecule has 0 saturated carbocycles. The second-order valence-corrected chi connectivity index (χ2v) is 6.56. The predicted octanol–water partition coefficient (Wildman–Crippen LogP) is -0.253. The molecule has 8 nitrogen and oxygen atoms in total. The molecule has 1 amide bonds. The lowest BCUT2D eigenvalue weighted by Crippen LogP contribution is -2.33. The van der Waals surface area contributed by atoms with Gasteiger partial charge in [-0.1, -0.05) is 12.1 Å². The fraction of sp³-hybridized carbons (Fsp3) is 0.357. The van der Waals surface area contributed by atoms with Crippen LogP contribution in [0.4, 0.5) is 0 Å². The van der Waals surface area contributed by atoms with E-state index in [9.17, 15) is 18.0 Å². The molecular formula is C14H17N3O5S. The molecule has 0 unspecified atom stereocenters. The van der Waals surface area contributed by atoms with Gasteiger partial charge in [0, 0.05) is 19.0 Å². The van der Waals surface area contributed by atoms with Crippen LogP contribution in [0.3, 0.4) is 0 Å². The van der Waals surface area contributed by atoms with Crippen molar-refractivity contribution in [2.24, 2.45) is 4.99 Å². The van der Waals surface area contributed by atoms with Crippen molar-refractivity contribution in [2.75, 3.05) is 27.2 Å². The summed E-state index contributed by atoms with van der Waals surface area (Å²) in [6, 6.07) is 6.49. The first-order valence-corrected chi connectivity index (χ1v) is 8.31. The molecule has 23 heavy (non-hydrogen) atoms. The van der Waals surface area contributed by atoms with E-state index in [4.69, 9.17) is 0 Å². The average Bonchev–Trinajstić information content (AvgIpc) is 2.78. The van der Waals surface area contributed by atoms with E-state index in [1.54, 1.807) is 18.2 Å². The van der Waals surface area contributed by atoms with E-state index in [0.717, 1.165) is 0 Å². The van der Waals surface area contributed by atoms with Gasteiger partial charge in [0.15, 0.2) is 0 Å². The maximum atomic E-state index is 11.9. The lowest BCUT2D eigenvalue weighted by molar-refractivity contribution is -0.146. The first-order chi connectivity index (χ1) is 10.8. The zero-order valence-corrected chi connectivity index (χ0v) is 13.6. The molecule has 0 spiro atoms. The molecule has 0 radical (unpaired) electrons. The third kappa shape index (κ3) is 3.86. The molecule has 1 aliphatic heterocycles. The summed E-state index contributed by atoms with van der Waals surface area (Å²) in [5.41, 5.74) is 0.489. The monoisotopic (exact) mass is 339 g/mol. The van der Waals surface area contributed by atoms with Crippen molar-refractivity contribution in [3.05, 3.63) is 29.8 Å². The molecule has 0 bridgehead atoms. The second kappa shape index (κ2) is 6.78. The molecule has 1 aromatic carbocycles. The molecule has 0 saturated heterocycles. The average molecular weight is 339 g/mol. The van der Waals surface area contributed by atoms with Crippen molar-refractivity contribution in [2.45, 2.75) is 11.3 Å². The van der Waals surface area contributed by atoms with Crippen molar-refractivity contribution < 1.29 is 22.7 Å². The van der Waals surface area contributed by atoms with Crippen LogP contribution in [0.2, 0.25) is 0 Å². The molecule has 0 aliphatic carbocycles. The molecule has 0 fully saturated rings. The molecule has 1 heterocycles. The quantitative estimate of drug-likeness (QED) is 0.745. The summed E-state index contributed by atoms with van der Waals surface area (Å²) in [6.45, 7) is -0.0299. The number of likely N-dealkylation sites (N-methyl/N-ethyl adjacent to an activating group) is 1.